The third kappa shape index (κ3) is 3.85. The van der Waals surface area contributed by atoms with Crippen molar-refractivity contribution in [2.24, 2.45) is 17.1 Å². The van der Waals surface area contributed by atoms with E-state index in [0.717, 1.165) is 13.0 Å². The Balaban J connectivity index is 3.04. The van der Waals surface area contributed by atoms with E-state index < -0.39 is 0 Å². The van der Waals surface area contributed by atoms with Crippen LogP contribution in [-0.2, 0) is 0 Å². The Hall–Kier alpha value is -0.820. The van der Waals surface area contributed by atoms with E-state index in [1.165, 1.54) is 12.0 Å². The second-order valence-electron chi connectivity index (χ2n) is 6.00. The van der Waals surface area contributed by atoms with Crippen LogP contribution in [0.3, 0.4) is 0 Å². The molecule has 0 radical (unpaired) electrons. The van der Waals surface area contributed by atoms with Gasteiger partial charge in [0.25, 0.3) is 0 Å². The van der Waals surface area contributed by atoms with Crippen LogP contribution in [0.25, 0.3) is 0 Å². The van der Waals surface area contributed by atoms with Gasteiger partial charge in [0.15, 0.2) is 0 Å². The number of hydrogen-bond acceptors (Lipinski definition) is 1. The molecule has 0 saturated heterocycles. The van der Waals surface area contributed by atoms with E-state index in [9.17, 15) is 0 Å². The highest BCUT2D eigenvalue weighted by Gasteiger charge is 2.31. The van der Waals surface area contributed by atoms with E-state index in [1.807, 2.05) is 0 Å². The maximum absolute atomic E-state index is 5.76. The lowest BCUT2D eigenvalue weighted by atomic mass is 9.68. The molecular weight excluding hydrogens is 206 g/mol. The van der Waals surface area contributed by atoms with Crippen molar-refractivity contribution in [2.75, 3.05) is 6.54 Å². The van der Waals surface area contributed by atoms with Crippen LogP contribution in [0.5, 0.6) is 0 Å². The summed E-state index contributed by atoms with van der Waals surface area (Å²) >= 11 is 0. The second kappa shape index (κ2) is 6.20. The third-order valence-electron chi connectivity index (χ3n) is 3.62. The van der Waals surface area contributed by atoms with Gasteiger partial charge in [0, 0.05) is 0 Å². The summed E-state index contributed by atoms with van der Waals surface area (Å²) < 4.78 is 0. The highest BCUT2D eigenvalue weighted by Crippen LogP contribution is 2.43. The molecule has 0 saturated carbocycles. The minimum absolute atomic E-state index is 0.289. The summed E-state index contributed by atoms with van der Waals surface area (Å²) in [6.45, 7) is 10.1. The molecule has 0 aliphatic heterocycles. The summed E-state index contributed by atoms with van der Waals surface area (Å²) in [5.74, 6) is 1.28. The molecule has 0 fully saturated rings. The molecule has 2 N–H and O–H groups in total. The number of benzene rings is 1. The van der Waals surface area contributed by atoms with Gasteiger partial charge in [-0.05, 0) is 35.8 Å². The van der Waals surface area contributed by atoms with Crippen molar-refractivity contribution in [1.29, 1.82) is 0 Å². The molecule has 1 rings (SSSR count). The Labute approximate surface area is 106 Å². The largest absolute Gasteiger partial charge is 0.330 e. The minimum Gasteiger partial charge on any atom is -0.330 e. The van der Waals surface area contributed by atoms with Crippen molar-refractivity contribution in [3.05, 3.63) is 35.9 Å². The molecule has 0 amide bonds. The highest BCUT2D eigenvalue weighted by molar-refractivity contribution is 5.22. The van der Waals surface area contributed by atoms with Gasteiger partial charge in [-0.3, -0.25) is 0 Å². The van der Waals surface area contributed by atoms with Crippen LogP contribution < -0.4 is 5.73 Å². The SMILES string of the molecule is CCC(CCN)[C@@H](c1ccccc1)C(C)(C)C. The molecule has 17 heavy (non-hydrogen) atoms. The Morgan fingerprint density at radius 2 is 1.71 bits per heavy atom. The van der Waals surface area contributed by atoms with Crippen LogP contribution in [0.1, 0.15) is 52.0 Å². The summed E-state index contributed by atoms with van der Waals surface area (Å²) in [5.41, 5.74) is 7.51. The summed E-state index contributed by atoms with van der Waals surface area (Å²) in [5, 5.41) is 0. The molecule has 0 aliphatic carbocycles. The molecule has 1 aromatic carbocycles. The monoisotopic (exact) mass is 233 g/mol. The molecule has 0 aromatic heterocycles. The van der Waals surface area contributed by atoms with E-state index in [4.69, 9.17) is 5.73 Å². The quantitative estimate of drug-likeness (QED) is 0.810. The van der Waals surface area contributed by atoms with Crippen molar-refractivity contribution in [3.63, 3.8) is 0 Å². The van der Waals surface area contributed by atoms with Gasteiger partial charge in [0.2, 0.25) is 0 Å². The van der Waals surface area contributed by atoms with Gasteiger partial charge in [-0.2, -0.15) is 0 Å². The molecule has 96 valence electrons. The lowest BCUT2D eigenvalue weighted by Gasteiger charge is -2.37. The Morgan fingerprint density at radius 1 is 1.12 bits per heavy atom. The third-order valence-corrected chi connectivity index (χ3v) is 3.62. The summed E-state index contributed by atoms with van der Waals surface area (Å²) in [6.07, 6.45) is 2.32. The van der Waals surface area contributed by atoms with Gasteiger partial charge in [0.1, 0.15) is 0 Å². The Kier molecular flexibility index (Phi) is 5.20. The molecule has 1 aromatic rings. The number of hydrogen-bond donors (Lipinski definition) is 1. The van der Waals surface area contributed by atoms with Gasteiger partial charge in [-0.15, -0.1) is 0 Å². The van der Waals surface area contributed by atoms with E-state index in [-0.39, 0.29) is 5.41 Å². The molecule has 1 nitrogen and oxygen atoms in total. The number of rotatable bonds is 5. The first kappa shape index (κ1) is 14.2. The van der Waals surface area contributed by atoms with Crippen LogP contribution in [0, 0.1) is 11.3 Å². The fraction of sp³-hybridized carbons (Fsp3) is 0.625. The van der Waals surface area contributed by atoms with Gasteiger partial charge >= 0.3 is 0 Å². The maximum Gasteiger partial charge on any atom is -0.00744 e. The van der Waals surface area contributed by atoms with E-state index >= 15 is 0 Å². The lowest BCUT2D eigenvalue weighted by molar-refractivity contribution is 0.221. The van der Waals surface area contributed by atoms with E-state index in [2.05, 4.69) is 58.0 Å². The van der Waals surface area contributed by atoms with Crippen LogP contribution in [0.2, 0.25) is 0 Å². The molecule has 0 spiro atoms. The zero-order chi connectivity index (χ0) is 12.9. The predicted octanol–water partition coefficient (Wildman–Crippen LogP) is 4.19. The fourth-order valence-corrected chi connectivity index (χ4v) is 2.96. The molecule has 1 heteroatoms. The van der Waals surface area contributed by atoms with Crippen molar-refractivity contribution >= 4 is 0 Å². The Morgan fingerprint density at radius 3 is 2.12 bits per heavy atom. The molecule has 1 unspecified atom stereocenters. The van der Waals surface area contributed by atoms with Crippen LogP contribution >= 0.6 is 0 Å². The fourth-order valence-electron chi connectivity index (χ4n) is 2.96. The van der Waals surface area contributed by atoms with Gasteiger partial charge < -0.3 is 5.73 Å². The van der Waals surface area contributed by atoms with Gasteiger partial charge in [-0.1, -0.05) is 64.4 Å². The van der Waals surface area contributed by atoms with Crippen LogP contribution in [0.4, 0.5) is 0 Å². The standard InChI is InChI=1S/C16H27N/c1-5-13(11-12-17)15(16(2,3)4)14-9-7-6-8-10-14/h6-10,13,15H,5,11-12,17H2,1-4H3/t13?,15-/m0/s1. The molecular formula is C16H27N. The lowest BCUT2D eigenvalue weighted by Crippen LogP contribution is -2.27. The Bertz CT molecular complexity index is 310. The van der Waals surface area contributed by atoms with Crippen LogP contribution in [-0.4, -0.2) is 6.54 Å². The molecule has 2 atom stereocenters. The molecule has 0 aliphatic rings. The maximum atomic E-state index is 5.76. The van der Waals surface area contributed by atoms with Gasteiger partial charge in [-0.25, -0.2) is 0 Å². The first-order chi connectivity index (χ1) is 8.00. The molecule has 0 heterocycles. The van der Waals surface area contributed by atoms with Crippen molar-refractivity contribution < 1.29 is 0 Å². The first-order valence-electron chi connectivity index (χ1n) is 6.75. The zero-order valence-electron chi connectivity index (χ0n) is 11.7. The average molecular weight is 233 g/mol. The van der Waals surface area contributed by atoms with Crippen molar-refractivity contribution in [3.8, 4) is 0 Å². The number of nitrogens with two attached hydrogens (primary N) is 1. The van der Waals surface area contributed by atoms with Crippen molar-refractivity contribution in [2.45, 2.75) is 46.5 Å². The summed E-state index contributed by atoms with van der Waals surface area (Å²) in [4.78, 5) is 0. The van der Waals surface area contributed by atoms with Crippen molar-refractivity contribution in [1.82, 2.24) is 0 Å². The van der Waals surface area contributed by atoms with Crippen LogP contribution in [0.15, 0.2) is 30.3 Å². The predicted molar refractivity (Wildman–Crippen MR) is 76.1 cm³/mol. The minimum atomic E-state index is 0.289. The average Bonchev–Trinajstić information content (AvgIpc) is 2.28. The summed E-state index contributed by atoms with van der Waals surface area (Å²) in [7, 11) is 0. The zero-order valence-corrected chi connectivity index (χ0v) is 11.7. The first-order valence-corrected chi connectivity index (χ1v) is 6.75. The topological polar surface area (TPSA) is 26.0 Å². The summed E-state index contributed by atoms with van der Waals surface area (Å²) in [6, 6.07) is 10.9. The highest BCUT2D eigenvalue weighted by atomic mass is 14.5. The van der Waals surface area contributed by atoms with E-state index in [0.29, 0.717) is 11.8 Å². The smallest absolute Gasteiger partial charge is 0.00744 e. The normalized spacial score (nSPS) is 15.6. The second-order valence-corrected chi connectivity index (χ2v) is 6.00. The van der Waals surface area contributed by atoms with E-state index in [1.54, 1.807) is 0 Å². The molecule has 0 bridgehead atoms. The van der Waals surface area contributed by atoms with Gasteiger partial charge in [0.05, 0.1) is 0 Å².